The quantitative estimate of drug-likeness (QED) is 0.910. The van der Waals surface area contributed by atoms with E-state index in [2.05, 4.69) is 9.97 Å². The smallest absolute Gasteiger partial charge is 0.254 e. The lowest BCUT2D eigenvalue weighted by molar-refractivity contribution is 0.602. The number of nitrogens with one attached hydrogen (secondary N) is 1. The van der Waals surface area contributed by atoms with Crippen molar-refractivity contribution >= 4 is 0 Å². The highest BCUT2D eigenvalue weighted by Crippen LogP contribution is 2.23. The van der Waals surface area contributed by atoms with E-state index in [0.29, 0.717) is 12.0 Å². The summed E-state index contributed by atoms with van der Waals surface area (Å²) in [7, 11) is 0. The molecule has 0 radical (unpaired) electrons. The number of halogens is 2. The second-order valence-corrected chi connectivity index (χ2v) is 3.93. The summed E-state index contributed by atoms with van der Waals surface area (Å²) in [5.74, 6) is -1.15. The number of hydrogen-bond donors (Lipinski definition) is 1. The van der Waals surface area contributed by atoms with Crippen molar-refractivity contribution in [2.45, 2.75) is 19.8 Å². The van der Waals surface area contributed by atoms with Crippen molar-refractivity contribution in [1.29, 1.82) is 0 Å². The topological polar surface area (TPSA) is 45.8 Å². The van der Waals surface area contributed by atoms with E-state index in [4.69, 9.17) is 0 Å². The molecule has 0 unspecified atom stereocenters. The Morgan fingerprint density at radius 2 is 2.11 bits per heavy atom. The zero-order chi connectivity index (χ0) is 13.1. The van der Waals surface area contributed by atoms with E-state index in [1.54, 1.807) is 0 Å². The number of hydrogen-bond acceptors (Lipinski definition) is 2. The minimum atomic E-state index is -0.591. The van der Waals surface area contributed by atoms with Gasteiger partial charge in [-0.1, -0.05) is 13.3 Å². The van der Waals surface area contributed by atoms with Crippen molar-refractivity contribution in [3.8, 4) is 11.3 Å². The Balaban J connectivity index is 2.67. The van der Waals surface area contributed by atoms with Crippen LogP contribution in [0.1, 0.15) is 18.9 Å². The summed E-state index contributed by atoms with van der Waals surface area (Å²) in [6.07, 6.45) is 2.38. The molecule has 1 aromatic heterocycles. The monoisotopic (exact) mass is 250 g/mol. The second-order valence-electron chi connectivity index (χ2n) is 3.93. The van der Waals surface area contributed by atoms with Crippen LogP contribution < -0.4 is 5.56 Å². The Kier molecular flexibility index (Phi) is 3.50. The molecule has 1 aromatic carbocycles. The summed E-state index contributed by atoms with van der Waals surface area (Å²) in [5.41, 5.74) is 0.289. The fourth-order valence-corrected chi connectivity index (χ4v) is 1.82. The number of aromatic nitrogens is 2. The standard InChI is InChI=1S/C13H12F2N2O/c1-2-3-9-12(16-7-17-13(9)18)10-6-8(14)4-5-11(10)15/h4-7H,2-3H2,1H3,(H,16,17,18). The Hall–Kier alpha value is -2.04. The van der Waals surface area contributed by atoms with Gasteiger partial charge in [0, 0.05) is 11.1 Å². The van der Waals surface area contributed by atoms with Gasteiger partial charge in [0.2, 0.25) is 0 Å². The lowest BCUT2D eigenvalue weighted by Gasteiger charge is -2.07. The van der Waals surface area contributed by atoms with Gasteiger partial charge in [-0.2, -0.15) is 0 Å². The zero-order valence-corrected chi connectivity index (χ0v) is 9.84. The first-order valence-electron chi connectivity index (χ1n) is 5.65. The van der Waals surface area contributed by atoms with Crippen LogP contribution in [0.2, 0.25) is 0 Å². The fraction of sp³-hybridized carbons (Fsp3) is 0.231. The summed E-state index contributed by atoms with van der Waals surface area (Å²) in [6, 6.07) is 3.12. The lowest BCUT2D eigenvalue weighted by atomic mass is 10.0. The van der Waals surface area contributed by atoms with Gasteiger partial charge >= 0.3 is 0 Å². The second kappa shape index (κ2) is 5.08. The average molecular weight is 250 g/mol. The molecule has 2 aromatic rings. The molecule has 0 saturated carbocycles. The van der Waals surface area contributed by atoms with Gasteiger partial charge < -0.3 is 4.98 Å². The van der Waals surface area contributed by atoms with Crippen LogP contribution >= 0.6 is 0 Å². The number of H-pyrrole nitrogens is 1. The fourth-order valence-electron chi connectivity index (χ4n) is 1.82. The molecule has 0 bridgehead atoms. The molecule has 0 spiro atoms. The van der Waals surface area contributed by atoms with Crippen LogP contribution in [0.3, 0.4) is 0 Å². The third-order valence-corrected chi connectivity index (χ3v) is 2.63. The van der Waals surface area contributed by atoms with E-state index in [-0.39, 0.29) is 16.8 Å². The molecule has 0 fully saturated rings. The molecule has 1 N–H and O–H groups in total. The number of aromatic amines is 1. The number of nitrogens with zero attached hydrogens (tertiary/aromatic N) is 1. The van der Waals surface area contributed by atoms with Gasteiger partial charge in [-0.3, -0.25) is 4.79 Å². The summed E-state index contributed by atoms with van der Waals surface area (Å²) >= 11 is 0. The van der Waals surface area contributed by atoms with Crippen LogP contribution in [0.15, 0.2) is 29.3 Å². The molecule has 3 nitrogen and oxygen atoms in total. The summed E-state index contributed by atoms with van der Waals surface area (Å²) in [6.45, 7) is 1.90. The van der Waals surface area contributed by atoms with Crippen LogP contribution in [0.4, 0.5) is 8.78 Å². The normalized spacial score (nSPS) is 10.6. The van der Waals surface area contributed by atoms with E-state index < -0.39 is 11.6 Å². The van der Waals surface area contributed by atoms with Gasteiger partial charge in [0.25, 0.3) is 5.56 Å². The van der Waals surface area contributed by atoms with Crippen LogP contribution in [0.25, 0.3) is 11.3 Å². The van der Waals surface area contributed by atoms with Crippen molar-refractivity contribution < 1.29 is 8.78 Å². The van der Waals surface area contributed by atoms with E-state index in [0.717, 1.165) is 24.6 Å². The highest BCUT2D eigenvalue weighted by atomic mass is 19.1. The minimum absolute atomic E-state index is 0.0181. The SMILES string of the molecule is CCCc1c(-c2cc(F)ccc2F)nc[nH]c1=O. The van der Waals surface area contributed by atoms with Crippen molar-refractivity contribution in [3.05, 3.63) is 52.1 Å². The highest BCUT2D eigenvalue weighted by Gasteiger charge is 2.14. The third kappa shape index (κ3) is 2.30. The molecular weight excluding hydrogens is 238 g/mol. The van der Waals surface area contributed by atoms with Gasteiger partial charge in [-0.05, 0) is 24.6 Å². The molecule has 0 aliphatic carbocycles. The molecular formula is C13H12F2N2O. The van der Waals surface area contributed by atoms with Gasteiger partial charge in [0.15, 0.2) is 0 Å². The first-order valence-corrected chi connectivity index (χ1v) is 5.65. The van der Waals surface area contributed by atoms with Crippen molar-refractivity contribution in [2.24, 2.45) is 0 Å². The Morgan fingerprint density at radius 3 is 2.83 bits per heavy atom. The van der Waals surface area contributed by atoms with Gasteiger partial charge in [0.1, 0.15) is 11.6 Å². The number of benzene rings is 1. The number of rotatable bonds is 3. The van der Waals surface area contributed by atoms with Crippen LogP contribution in [-0.2, 0) is 6.42 Å². The Bertz CT molecular complexity index is 623. The van der Waals surface area contributed by atoms with E-state index >= 15 is 0 Å². The van der Waals surface area contributed by atoms with Crippen LogP contribution in [0, 0.1) is 11.6 Å². The molecule has 18 heavy (non-hydrogen) atoms. The average Bonchev–Trinajstić information content (AvgIpc) is 2.35. The maximum absolute atomic E-state index is 13.7. The van der Waals surface area contributed by atoms with E-state index in [9.17, 15) is 13.6 Å². The molecule has 0 saturated heterocycles. The summed E-state index contributed by atoms with van der Waals surface area (Å²) in [5, 5.41) is 0. The predicted octanol–water partition coefficient (Wildman–Crippen LogP) is 2.67. The highest BCUT2D eigenvalue weighted by molar-refractivity contribution is 5.63. The molecule has 0 aliphatic rings. The largest absolute Gasteiger partial charge is 0.313 e. The first-order chi connectivity index (χ1) is 8.63. The van der Waals surface area contributed by atoms with Crippen LogP contribution in [-0.4, -0.2) is 9.97 Å². The van der Waals surface area contributed by atoms with Crippen LogP contribution in [0.5, 0.6) is 0 Å². The molecule has 1 heterocycles. The predicted molar refractivity (Wildman–Crippen MR) is 64.2 cm³/mol. The Morgan fingerprint density at radius 1 is 1.33 bits per heavy atom. The lowest BCUT2D eigenvalue weighted by Crippen LogP contribution is -2.15. The third-order valence-electron chi connectivity index (χ3n) is 2.63. The van der Waals surface area contributed by atoms with Crippen molar-refractivity contribution in [2.75, 3.05) is 0 Å². The van der Waals surface area contributed by atoms with E-state index in [1.165, 1.54) is 6.33 Å². The van der Waals surface area contributed by atoms with Gasteiger partial charge in [-0.25, -0.2) is 13.8 Å². The first kappa shape index (κ1) is 12.4. The molecule has 0 aliphatic heterocycles. The Labute approximate surface area is 103 Å². The minimum Gasteiger partial charge on any atom is -0.313 e. The molecule has 5 heteroatoms. The zero-order valence-electron chi connectivity index (χ0n) is 9.84. The maximum atomic E-state index is 13.7. The maximum Gasteiger partial charge on any atom is 0.254 e. The summed E-state index contributed by atoms with van der Waals surface area (Å²) < 4.78 is 26.9. The molecule has 0 atom stereocenters. The van der Waals surface area contributed by atoms with Gasteiger partial charge in [-0.15, -0.1) is 0 Å². The van der Waals surface area contributed by atoms with E-state index in [1.807, 2.05) is 6.92 Å². The van der Waals surface area contributed by atoms with Crippen molar-refractivity contribution in [3.63, 3.8) is 0 Å². The van der Waals surface area contributed by atoms with Gasteiger partial charge in [0.05, 0.1) is 12.0 Å². The molecule has 94 valence electrons. The molecule has 0 amide bonds. The molecule has 2 rings (SSSR count). The summed E-state index contributed by atoms with van der Waals surface area (Å²) in [4.78, 5) is 18.1. The van der Waals surface area contributed by atoms with Crippen molar-refractivity contribution in [1.82, 2.24) is 9.97 Å².